The average Bonchev–Trinajstić information content (AvgIpc) is 2.92. The van der Waals surface area contributed by atoms with Crippen molar-refractivity contribution in [3.8, 4) is 0 Å². The van der Waals surface area contributed by atoms with Gasteiger partial charge in [-0.1, -0.05) is 52.0 Å². The van der Waals surface area contributed by atoms with Crippen molar-refractivity contribution in [2.75, 3.05) is 0 Å². The van der Waals surface area contributed by atoms with Gasteiger partial charge in [-0.25, -0.2) is 8.60 Å². The first-order valence-corrected chi connectivity index (χ1v) is 10.9. The molecule has 2 unspecified atom stereocenters. The summed E-state index contributed by atoms with van der Waals surface area (Å²) in [4.78, 5) is 0. The summed E-state index contributed by atoms with van der Waals surface area (Å²) in [5.41, 5.74) is 1.80. The first-order valence-electron chi connectivity index (χ1n) is 9.86. The Bertz CT molecular complexity index is 1000. The highest BCUT2D eigenvalue weighted by Crippen LogP contribution is 2.33. The Hall–Kier alpha value is -2.74. The Morgan fingerprint density at radius 1 is 1.27 bits per heavy atom. The van der Waals surface area contributed by atoms with Crippen molar-refractivity contribution >= 4 is 22.8 Å². The summed E-state index contributed by atoms with van der Waals surface area (Å²) < 4.78 is 34.1. The fraction of sp³-hybridized carbons (Fsp3) is 0.364. The average molecular weight is 431 g/mol. The Kier molecular flexibility index (Phi) is 6.55. The van der Waals surface area contributed by atoms with Crippen LogP contribution >= 0.6 is 0 Å². The number of benzene rings is 1. The third kappa shape index (κ3) is 5.05. The predicted molar refractivity (Wildman–Crippen MR) is 120 cm³/mol. The molecule has 160 valence electrons. The van der Waals surface area contributed by atoms with E-state index < -0.39 is 11.2 Å². The molecule has 3 N–H and O–H groups in total. The molecule has 0 radical (unpaired) electrons. The lowest BCUT2D eigenvalue weighted by Gasteiger charge is -2.32. The second-order valence-electron chi connectivity index (χ2n) is 8.25. The molecule has 6 nitrogen and oxygen atoms in total. The minimum atomic E-state index is -1.78. The van der Waals surface area contributed by atoms with Crippen molar-refractivity contribution in [3.63, 3.8) is 0 Å². The Balaban J connectivity index is 1.89. The molecule has 0 saturated heterocycles. The van der Waals surface area contributed by atoms with Crippen LogP contribution in [-0.4, -0.2) is 21.0 Å². The molecule has 1 aliphatic heterocycles. The number of halogens is 1. The number of amidine groups is 2. The zero-order valence-electron chi connectivity index (χ0n) is 17.6. The van der Waals surface area contributed by atoms with E-state index >= 15 is 0 Å². The van der Waals surface area contributed by atoms with Gasteiger partial charge in [0.2, 0.25) is 0 Å². The highest BCUT2D eigenvalue weighted by atomic mass is 32.2. The van der Waals surface area contributed by atoms with Crippen LogP contribution in [-0.2, 0) is 11.2 Å². The van der Waals surface area contributed by atoms with E-state index in [0.29, 0.717) is 24.4 Å². The molecule has 0 spiro atoms. The molecule has 0 amide bonds. The van der Waals surface area contributed by atoms with Gasteiger partial charge >= 0.3 is 0 Å². The molecular formula is C22H27FN4O2S. The van der Waals surface area contributed by atoms with Crippen LogP contribution in [0.1, 0.15) is 52.1 Å². The smallest absolute Gasteiger partial charge is 0.269 e. The van der Waals surface area contributed by atoms with Crippen LogP contribution in [0.25, 0.3) is 0 Å². The normalized spacial score (nSPS) is 20.3. The van der Waals surface area contributed by atoms with Gasteiger partial charge in [0.1, 0.15) is 11.6 Å². The van der Waals surface area contributed by atoms with Crippen LogP contribution in [0, 0.1) is 11.2 Å². The largest absolute Gasteiger partial charge is 0.506 e. The van der Waals surface area contributed by atoms with Gasteiger partial charge in [0.25, 0.3) is 11.2 Å². The Morgan fingerprint density at radius 2 is 2.00 bits per heavy atom. The van der Waals surface area contributed by atoms with Gasteiger partial charge in [0.15, 0.2) is 11.7 Å². The monoisotopic (exact) mass is 430 g/mol. The molecule has 1 aliphatic carbocycles. The minimum Gasteiger partial charge on any atom is -0.506 e. The number of aliphatic hydroxyl groups excluding tert-OH is 1. The molecule has 1 aromatic carbocycles. The lowest BCUT2D eigenvalue weighted by Crippen LogP contribution is -2.43. The Morgan fingerprint density at radius 3 is 2.67 bits per heavy atom. The summed E-state index contributed by atoms with van der Waals surface area (Å²) in [6.07, 6.45) is 6.92. The van der Waals surface area contributed by atoms with E-state index in [9.17, 15) is 13.7 Å². The fourth-order valence-electron chi connectivity index (χ4n) is 3.34. The molecular weight excluding hydrogens is 403 g/mol. The molecule has 0 fully saturated rings. The third-order valence-electron chi connectivity index (χ3n) is 4.93. The predicted octanol–water partition coefficient (Wildman–Crippen LogP) is 4.55. The number of hydrogen-bond acceptors (Lipinski definition) is 4. The van der Waals surface area contributed by atoms with Crippen molar-refractivity contribution in [1.29, 1.82) is 0 Å². The molecule has 2 aliphatic rings. The van der Waals surface area contributed by atoms with Crippen LogP contribution in [0.15, 0.2) is 68.3 Å². The molecule has 0 saturated carbocycles. The molecule has 0 aromatic heterocycles. The number of rotatable bonds is 4. The van der Waals surface area contributed by atoms with Gasteiger partial charge in [-0.3, -0.25) is 0 Å². The summed E-state index contributed by atoms with van der Waals surface area (Å²) in [6.45, 7) is 8.04. The maximum atomic E-state index is 13.8. The lowest BCUT2D eigenvalue weighted by atomic mass is 9.82. The van der Waals surface area contributed by atoms with E-state index in [1.807, 2.05) is 45.9 Å². The zero-order chi connectivity index (χ0) is 21.9. The highest BCUT2D eigenvalue weighted by molar-refractivity contribution is 7.83. The topological polar surface area (TPSA) is 86.1 Å². The molecule has 1 heterocycles. The summed E-state index contributed by atoms with van der Waals surface area (Å²) >= 11 is -1.78. The third-order valence-corrected chi connectivity index (χ3v) is 5.60. The van der Waals surface area contributed by atoms with Gasteiger partial charge in [0.05, 0.1) is 11.7 Å². The molecule has 1 aromatic rings. The van der Waals surface area contributed by atoms with Crippen molar-refractivity contribution in [2.24, 2.45) is 14.2 Å². The second-order valence-corrected chi connectivity index (χ2v) is 9.08. The van der Waals surface area contributed by atoms with Crippen LogP contribution in [0.3, 0.4) is 0 Å². The number of nitrogens with zero attached hydrogens (tertiary/aromatic N) is 2. The van der Waals surface area contributed by atoms with E-state index in [0.717, 1.165) is 11.1 Å². The Labute approximate surface area is 179 Å². The SMILES string of the molecule is CCC1=C(O)C(NC2=NS(=O)N=C2NC(c2cccc(F)c2)C(C)(C)C)=CC=CC1. The minimum absolute atomic E-state index is 0.153. The summed E-state index contributed by atoms with van der Waals surface area (Å²) in [6, 6.07) is 6.05. The second kappa shape index (κ2) is 8.95. The molecule has 30 heavy (non-hydrogen) atoms. The van der Waals surface area contributed by atoms with E-state index in [4.69, 9.17) is 0 Å². The van der Waals surface area contributed by atoms with Gasteiger partial charge < -0.3 is 15.7 Å². The van der Waals surface area contributed by atoms with E-state index in [1.165, 1.54) is 12.1 Å². The van der Waals surface area contributed by atoms with E-state index in [-0.39, 0.29) is 28.9 Å². The first kappa shape index (κ1) is 22.0. The van der Waals surface area contributed by atoms with Crippen molar-refractivity contribution in [1.82, 2.24) is 10.6 Å². The molecule has 3 rings (SSSR count). The number of allylic oxidation sites excluding steroid dienone is 4. The quantitative estimate of drug-likeness (QED) is 0.654. The first-order chi connectivity index (χ1) is 14.2. The maximum Gasteiger partial charge on any atom is 0.269 e. The maximum absolute atomic E-state index is 13.8. The van der Waals surface area contributed by atoms with E-state index in [2.05, 4.69) is 19.4 Å². The zero-order valence-corrected chi connectivity index (χ0v) is 18.4. The fourth-order valence-corrected chi connectivity index (χ4v) is 3.97. The summed E-state index contributed by atoms with van der Waals surface area (Å²) in [5.74, 6) is 0.393. The molecule has 0 bridgehead atoms. The number of nitrogens with one attached hydrogen (secondary N) is 2. The van der Waals surface area contributed by atoms with E-state index in [1.54, 1.807) is 12.1 Å². The van der Waals surface area contributed by atoms with Crippen molar-refractivity contribution < 1.29 is 13.7 Å². The molecule has 2 atom stereocenters. The van der Waals surface area contributed by atoms with Crippen LogP contribution < -0.4 is 10.6 Å². The van der Waals surface area contributed by atoms with Crippen molar-refractivity contribution in [2.45, 2.75) is 46.6 Å². The summed E-state index contributed by atoms with van der Waals surface area (Å²) in [5, 5.41) is 17.0. The van der Waals surface area contributed by atoms with Gasteiger partial charge in [0, 0.05) is 0 Å². The molecule has 8 heteroatoms. The number of aliphatic hydroxyl groups is 1. The van der Waals surface area contributed by atoms with Crippen molar-refractivity contribution in [3.05, 3.63) is 70.9 Å². The highest BCUT2D eigenvalue weighted by Gasteiger charge is 2.31. The van der Waals surface area contributed by atoms with Crippen LogP contribution in [0.2, 0.25) is 0 Å². The lowest BCUT2D eigenvalue weighted by molar-refractivity contribution is 0.302. The summed E-state index contributed by atoms with van der Waals surface area (Å²) in [7, 11) is 0. The standard InChI is InChI=1S/C22H27FN4O2S/c1-5-14-9-6-7-12-17(18(14)28)24-20-21(27-30(29)26-20)25-19(22(2,3)4)15-10-8-11-16(23)13-15/h6-8,10-13,19,28H,5,9H2,1-4H3,(H,24,26)(H,25,27). The van der Waals surface area contributed by atoms with Gasteiger partial charge in [-0.05, 0) is 47.6 Å². The number of hydrogen-bond donors (Lipinski definition) is 3. The van der Waals surface area contributed by atoms with Crippen LogP contribution in [0.4, 0.5) is 4.39 Å². The van der Waals surface area contributed by atoms with Gasteiger partial charge in [-0.15, -0.1) is 8.80 Å². The van der Waals surface area contributed by atoms with Gasteiger partial charge in [-0.2, -0.15) is 0 Å². The van der Waals surface area contributed by atoms with Crippen LogP contribution in [0.5, 0.6) is 0 Å².